The van der Waals surface area contributed by atoms with Gasteiger partial charge in [0.1, 0.15) is 6.61 Å². The number of aliphatic hydroxyl groups is 1. The highest BCUT2D eigenvalue weighted by molar-refractivity contribution is 9.10. The van der Waals surface area contributed by atoms with Crippen molar-refractivity contribution in [2.45, 2.75) is 13.0 Å². The van der Waals surface area contributed by atoms with Crippen LogP contribution in [0, 0.1) is 5.82 Å². The maximum absolute atomic E-state index is 14.7. The average molecular weight is 407 g/mol. The van der Waals surface area contributed by atoms with Crippen LogP contribution in [-0.2, 0) is 24.8 Å². The lowest BCUT2D eigenvalue weighted by Gasteiger charge is -2.26. The molecule has 0 aliphatic carbocycles. The number of hydrogen-bond donors (Lipinski definition) is 2. The van der Waals surface area contributed by atoms with E-state index in [9.17, 15) is 9.18 Å². The molecule has 0 bridgehead atoms. The summed E-state index contributed by atoms with van der Waals surface area (Å²) < 4.78 is 16.7. The molecule has 1 aliphatic rings. The largest absolute Gasteiger partial charge is 0.387 e. The molecule has 25 heavy (non-hydrogen) atoms. The summed E-state index contributed by atoms with van der Waals surface area (Å²) in [5.41, 5.74) is 3.76. The highest BCUT2D eigenvalue weighted by Crippen LogP contribution is 2.39. The Morgan fingerprint density at radius 2 is 2.32 bits per heavy atom. The van der Waals surface area contributed by atoms with E-state index in [-0.39, 0.29) is 11.7 Å². The number of nitrogens with zero attached hydrogens (tertiary/aromatic N) is 3. The predicted molar refractivity (Wildman–Crippen MR) is 94.4 cm³/mol. The van der Waals surface area contributed by atoms with Gasteiger partial charge in [-0.05, 0) is 28.1 Å². The molecule has 1 amide bonds. The molecule has 0 spiro atoms. The van der Waals surface area contributed by atoms with Crippen LogP contribution in [0.15, 0.2) is 22.8 Å². The fourth-order valence-corrected chi connectivity index (χ4v) is 3.84. The van der Waals surface area contributed by atoms with Gasteiger partial charge in [0.2, 0.25) is 5.91 Å². The number of nitrogens with one attached hydrogen (secondary N) is 1. The SMILES string of the molecule is Cn1ccc(-c2cc(Br)c(F)c3[nH]c4c(c23)CN(C(=O)CO)CC4)n1. The molecule has 0 saturated heterocycles. The Morgan fingerprint density at radius 3 is 3.00 bits per heavy atom. The van der Waals surface area contributed by atoms with Gasteiger partial charge in [0.25, 0.3) is 0 Å². The number of aryl methyl sites for hydroxylation is 1. The van der Waals surface area contributed by atoms with E-state index >= 15 is 0 Å². The lowest BCUT2D eigenvalue weighted by Crippen LogP contribution is -2.37. The lowest BCUT2D eigenvalue weighted by molar-refractivity contribution is -0.135. The Bertz CT molecular complexity index is 994. The van der Waals surface area contributed by atoms with Gasteiger partial charge in [0, 0.05) is 55.0 Å². The molecule has 4 rings (SSSR count). The summed E-state index contributed by atoms with van der Waals surface area (Å²) in [4.78, 5) is 16.7. The van der Waals surface area contributed by atoms with Gasteiger partial charge < -0.3 is 15.0 Å². The maximum atomic E-state index is 14.7. The second kappa shape index (κ2) is 5.96. The topological polar surface area (TPSA) is 74.2 Å². The summed E-state index contributed by atoms with van der Waals surface area (Å²) >= 11 is 3.28. The molecule has 1 aromatic carbocycles. The number of halogens is 2. The van der Waals surface area contributed by atoms with Crippen LogP contribution in [0.1, 0.15) is 11.3 Å². The minimum Gasteiger partial charge on any atom is -0.387 e. The Morgan fingerprint density at radius 1 is 1.52 bits per heavy atom. The molecule has 0 saturated carbocycles. The molecule has 2 aromatic heterocycles. The molecule has 1 aliphatic heterocycles. The molecule has 0 fully saturated rings. The van der Waals surface area contributed by atoms with Gasteiger partial charge in [-0.2, -0.15) is 5.10 Å². The summed E-state index contributed by atoms with van der Waals surface area (Å²) in [5, 5.41) is 14.3. The summed E-state index contributed by atoms with van der Waals surface area (Å²) in [6.45, 7) is 0.321. The Labute approximate surface area is 151 Å². The van der Waals surface area contributed by atoms with Crippen LogP contribution in [0.5, 0.6) is 0 Å². The van der Waals surface area contributed by atoms with Crippen LogP contribution in [0.25, 0.3) is 22.2 Å². The van der Waals surface area contributed by atoms with E-state index in [2.05, 4.69) is 26.0 Å². The quantitative estimate of drug-likeness (QED) is 0.685. The third-order valence-corrected chi connectivity index (χ3v) is 5.20. The Hall–Kier alpha value is -2.19. The predicted octanol–water partition coefficient (Wildman–Crippen LogP) is 2.35. The Balaban J connectivity index is 1.96. The second-order valence-electron chi connectivity index (χ2n) is 6.15. The third-order valence-electron chi connectivity index (χ3n) is 4.62. The van der Waals surface area contributed by atoms with Gasteiger partial charge in [-0.25, -0.2) is 4.39 Å². The van der Waals surface area contributed by atoms with Crippen LogP contribution in [0.3, 0.4) is 0 Å². The number of H-pyrrole nitrogens is 1. The van der Waals surface area contributed by atoms with E-state index in [1.165, 1.54) is 0 Å². The van der Waals surface area contributed by atoms with Gasteiger partial charge >= 0.3 is 0 Å². The van der Waals surface area contributed by atoms with Crippen LogP contribution in [-0.4, -0.2) is 43.8 Å². The number of aromatic nitrogens is 3. The number of aromatic amines is 1. The molecule has 0 unspecified atom stereocenters. The molecular formula is C17H16BrFN4O2. The van der Waals surface area contributed by atoms with Crippen molar-refractivity contribution < 1.29 is 14.3 Å². The van der Waals surface area contributed by atoms with Crippen molar-refractivity contribution in [2.24, 2.45) is 7.05 Å². The number of carbonyl (C=O) groups is 1. The van der Waals surface area contributed by atoms with Gasteiger partial charge in [-0.15, -0.1) is 0 Å². The highest BCUT2D eigenvalue weighted by atomic mass is 79.9. The molecule has 3 heterocycles. The molecule has 0 atom stereocenters. The maximum Gasteiger partial charge on any atom is 0.248 e. The van der Waals surface area contributed by atoms with E-state index in [1.54, 1.807) is 15.6 Å². The van der Waals surface area contributed by atoms with Crippen LogP contribution in [0.2, 0.25) is 0 Å². The first-order valence-electron chi connectivity index (χ1n) is 7.89. The monoisotopic (exact) mass is 406 g/mol. The van der Waals surface area contributed by atoms with Gasteiger partial charge in [-0.3, -0.25) is 9.48 Å². The zero-order valence-corrected chi connectivity index (χ0v) is 15.1. The van der Waals surface area contributed by atoms with Crippen molar-refractivity contribution in [1.29, 1.82) is 0 Å². The second-order valence-corrected chi connectivity index (χ2v) is 7.00. The summed E-state index contributed by atoms with van der Waals surface area (Å²) in [6, 6.07) is 3.60. The minimum atomic E-state index is -0.523. The first kappa shape index (κ1) is 16.3. The van der Waals surface area contributed by atoms with E-state index in [0.29, 0.717) is 29.5 Å². The fourth-order valence-electron chi connectivity index (χ4n) is 3.41. The number of benzene rings is 1. The molecule has 3 aromatic rings. The van der Waals surface area contributed by atoms with Crippen molar-refractivity contribution >= 4 is 32.7 Å². The number of amides is 1. The first-order valence-corrected chi connectivity index (χ1v) is 8.69. The van der Waals surface area contributed by atoms with Crippen molar-refractivity contribution in [3.8, 4) is 11.3 Å². The highest BCUT2D eigenvalue weighted by Gasteiger charge is 2.27. The van der Waals surface area contributed by atoms with E-state index < -0.39 is 6.61 Å². The number of rotatable bonds is 2. The number of aliphatic hydroxyl groups excluding tert-OH is 1. The van der Waals surface area contributed by atoms with Crippen LogP contribution in [0.4, 0.5) is 4.39 Å². The molecule has 6 nitrogen and oxygen atoms in total. The molecule has 8 heteroatoms. The Kier molecular flexibility index (Phi) is 3.88. The fraction of sp³-hybridized carbons (Fsp3) is 0.294. The zero-order valence-electron chi connectivity index (χ0n) is 13.5. The van der Waals surface area contributed by atoms with E-state index in [4.69, 9.17) is 5.11 Å². The van der Waals surface area contributed by atoms with Crippen molar-refractivity contribution in [2.75, 3.05) is 13.2 Å². The average Bonchev–Trinajstić information content (AvgIpc) is 3.20. The van der Waals surface area contributed by atoms with E-state index in [1.807, 2.05) is 19.3 Å². The minimum absolute atomic E-state index is 0.322. The van der Waals surface area contributed by atoms with Gasteiger partial charge in [0.05, 0.1) is 15.7 Å². The van der Waals surface area contributed by atoms with Crippen molar-refractivity contribution in [3.63, 3.8) is 0 Å². The van der Waals surface area contributed by atoms with Crippen molar-refractivity contribution in [1.82, 2.24) is 19.7 Å². The lowest BCUT2D eigenvalue weighted by atomic mass is 9.99. The summed E-state index contributed by atoms with van der Waals surface area (Å²) in [7, 11) is 1.83. The molecule has 2 N–H and O–H groups in total. The normalized spacial score (nSPS) is 14.2. The number of carbonyl (C=O) groups excluding carboxylic acids is 1. The zero-order chi connectivity index (χ0) is 17.7. The smallest absolute Gasteiger partial charge is 0.248 e. The first-order chi connectivity index (χ1) is 12.0. The standard InChI is InChI=1S/C17H16BrFN4O2/c1-22-4-2-13(21-22)9-6-11(18)16(19)17-15(9)10-7-23(14(25)8-24)5-3-12(10)20-17/h2,4,6,20,24H,3,5,7-8H2,1H3. The molecular weight excluding hydrogens is 391 g/mol. The molecule has 0 radical (unpaired) electrons. The van der Waals surface area contributed by atoms with Crippen LogP contribution >= 0.6 is 15.9 Å². The third kappa shape index (κ3) is 2.56. The van der Waals surface area contributed by atoms with Crippen LogP contribution < -0.4 is 0 Å². The summed E-state index contributed by atoms with van der Waals surface area (Å²) in [5.74, 6) is -0.680. The molecule has 130 valence electrons. The summed E-state index contributed by atoms with van der Waals surface area (Å²) in [6.07, 6.45) is 2.42. The number of hydrogen-bond acceptors (Lipinski definition) is 3. The van der Waals surface area contributed by atoms with Gasteiger partial charge in [0.15, 0.2) is 5.82 Å². The number of fused-ring (bicyclic) bond motifs is 3. The van der Waals surface area contributed by atoms with E-state index in [0.717, 1.165) is 27.9 Å². The van der Waals surface area contributed by atoms with Crippen molar-refractivity contribution in [3.05, 3.63) is 39.9 Å². The van der Waals surface area contributed by atoms with Gasteiger partial charge in [-0.1, -0.05) is 0 Å².